The molecule has 1 saturated carbocycles. The number of carboxylic acids is 1. The van der Waals surface area contributed by atoms with Gasteiger partial charge in [-0.1, -0.05) is 25.7 Å². The van der Waals surface area contributed by atoms with E-state index in [4.69, 9.17) is 9.47 Å². The molecule has 2 heterocycles. The van der Waals surface area contributed by atoms with Crippen molar-refractivity contribution in [3.8, 4) is 11.5 Å². The van der Waals surface area contributed by atoms with Gasteiger partial charge in [0.05, 0.1) is 12.0 Å². The molecule has 0 amide bonds. The normalized spacial score (nSPS) is 15.7. The Morgan fingerprint density at radius 3 is 2.31 bits per heavy atom. The first-order valence-corrected chi connectivity index (χ1v) is 19.2. The molecule has 270 valence electrons. The predicted molar refractivity (Wildman–Crippen MR) is 160 cm³/mol. The fourth-order valence-corrected chi connectivity index (χ4v) is 6.84. The van der Waals surface area contributed by atoms with E-state index in [1.807, 2.05) is 19.6 Å². The Morgan fingerprint density at radius 2 is 1.76 bits per heavy atom. The largest absolute Gasteiger partial charge is 0.619 e. The summed E-state index contributed by atoms with van der Waals surface area (Å²) in [6.07, 6.45) is -8.94. The summed E-state index contributed by atoms with van der Waals surface area (Å²) in [4.78, 5) is 15.9. The van der Waals surface area contributed by atoms with E-state index in [2.05, 4.69) is 14.5 Å². The SMILES string of the molecule is C[Si](C)(C)CCOCOC(c1ncc(C(c2ccc(OC(F)F)c(OC3CC3)c2)C(C(=O)O)c2ccc[n+]([O-])c2)s1)(C(F)(F)F)C(F)(F)F. The van der Waals surface area contributed by atoms with Crippen molar-refractivity contribution >= 4 is 25.4 Å². The third kappa shape index (κ3) is 9.17. The number of benzene rings is 1. The van der Waals surface area contributed by atoms with Crippen LogP contribution in [0.4, 0.5) is 35.1 Å². The second kappa shape index (κ2) is 14.7. The summed E-state index contributed by atoms with van der Waals surface area (Å²) in [5.74, 6) is -5.74. The molecule has 9 nitrogen and oxygen atoms in total. The monoisotopic (exact) mass is 744 g/mol. The number of carbonyl (C=O) groups is 1. The van der Waals surface area contributed by atoms with E-state index in [1.54, 1.807) is 0 Å². The minimum Gasteiger partial charge on any atom is -0.619 e. The van der Waals surface area contributed by atoms with Crippen molar-refractivity contribution in [3.05, 3.63) is 75.1 Å². The maximum Gasteiger partial charge on any atom is 0.433 e. The van der Waals surface area contributed by atoms with Crippen molar-refractivity contribution in [2.45, 2.75) is 81.0 Å². The lowest BCUT2D eigenvalue weighted by Crippen LogP contribution is -2.56. The summed E-state index contributed by atoms with van der Waals surface area (Å²) < 4.78 is 134. The number of hydrogen-bond acceptors (Lipinski definition) is 8. The van der Waals surface area contributed by atoms with Gasteiger partial charge in [-0.3, -0.25) is 4.79 Å². The summed E-state index contributed by atoms with van der Waals surface area (Å²) in [5.41, 5.74) is -5.22. The van der Waals surface area contributed by atoms with Gasteiger partial charge in [0, 0.05) is 43.3 Å². The topological polar surface area (TPSA) is 114 Å². The quantitative estimate of drug-likeness (QED) is 0.0399. The van der Waals surface area contributed by atoms with Crippen LogP contribution in [0.3, 0.4) is 0 Å². The van der Waals surface area contributed by atoms with Crippen molar-refractivity contribution in [1.82, 2.24) is 4.98 Å². The molecule has 2 unspecified atom stereocenters. The third-order valence-electron chi connectivity index (χ3n) is 7.40. The van der Waals surface area contributed by atoms with Gasteiger partial charge in [-0.15, -0.1) is 11.3 Å². The number of ether oxygens (including phenoxy) is 4. The zero-order valence-electron chi connectivity index (χ0n) is 26.2. The predicted octanol–water partition coefficient (Wildman–Crippen LogP) is 7.57. The van der Waals surface area contributed by atoms with Crippen molar-refractivity contribution in [2.24, 2.45) is 0 Å². The molecule has 0 saturated heterocycles. The minimum absolute atomic E-state index is 0.0821. The zero-order chi connectivity index (χ0) is 36.4. The van der Waals surface area contributed by atoms with Gasteiger partial charge in [-0.2, -0.15) is 39.9 Å². The van der Waals surface area contributed by atoms with E-state index >= 15 is 0 Å². The smallest absolute Gasteiger partial charge is 0.433 e. The molecular weight excluding hydrogens is 712 g/mol. The second-order valence-electron chi connectivity index (χ2n) is 12.4. The fraction of sp³-hybridized carbons (Fsp3) is 0.500. The van der Waals surface area contributed by atoms with Crippen LogP contribution in [0, 0.1) is 5.21 Å². The van der Waals surface area contributed by atoms with E-state index in [1.165, 1.54) is 12.1 Å². The Kier molecular flexibility index (Phi) is 11.5. The van der Waals surface area contributed by atoms with Crippen molar-refractivity contribution in [2.75, 3.05) is 13.4 Å². The molecule has 1 aliphatic rings. The molecule has 49 heavy (non-hydrogen) atoms. The van der Waals surface area contributed by atoms with Crippen molar-refractivity contribution < 1.29 is 68.7 Å². The highest BCUT2D eigenvalue weighted by Gasteiger charge is 2.75. The highest BCUT2D eigenvalue weighted by molar-refractivity contribution is 7.11. The molecule has 19 heteroatoms. The highest BCUT2D eigenvalue weighted by Crippen LogP contribution is 2.55. The third-order valence-corrected chi connectivity index (χ3v) is 10.3. The van der Waals surface area contributed by atoms with E-state index in [9.17, 15) is 50.2 Å². The maximum absolute atomic E-state index is 14.6. The molecule has 1 aromatic carbocycles. The van der Waals surface area contributed by atoms with Crippen LogP contribution in [0.1, 0.15) is 45.7 Å². The summed E-state index contributed by atoms with van der Waals surface area (Å²) >= 11 is -0.109. The van der Waals surface area contributed by atoms with Crippen LogP contribution in [0.25, 0.3) is 0 Å². The Hall–Kier alpha value is -3.55. The molecule has 0 radical (unpaired) electrons. The lowest BCUT2D eigenvalue weighted by molar-refractivity contribution is -0.605. The Morgan fingerprint density at radius 1 is 1.08 bits per heavy atom. The van der Waals surface area contributed by atoms with Gasteiger partial charge in [0.15, 0.2) is 23.9 Å². The number of thiazole rings is 1. The van der Waals surface area contributed by atoms with Crippen LogP contribution in [0.5, 0.6) is 11.5 Å². The number of alkyl halides is 8. The van der Waals surface area contributed by atoms with Crippen molar-refractivity contribution in [3.63, 3.8) is 0 Å². The molecule has 1 fully saturated rings. The highest BCUT2D eigenvalue weighted by atomic mass is 32.1. The van der Waals surface area contributed by atoms with Crippen LogP contribution in [-0.4, -0.2) is 62.6 Å². The van der Waals surface area contributed by atoms with Crippen LogP contribution < -0.4 is 14.2 Å². The molecular formula is C30H32F8N2O7SSi. The van der Waals surface area contributed by atoms with Gasteiger partial charge in [-0.05, 0) is 42.6 Å². The van der Waals surface area contributed by atoms with Gasteiger partial charge in [0.2, 0.25) is 0 Å². The zero-order valence-corrected chi connectivity index (χ0v) is 28.0. The average molecular weight is 745 g/mol. The second-order valence-corrected chi connectivity index (χ2v) is 19.1. The summed E-state index contributed by atoms with van der Waals surface area (Å²) in [6, 6.07) is 6.11. The number of carboxylic acid groups (broad SMARTS) is 1. The van der Waals surface area contributed by atoms with E-state index in [-0.39, 0.29) is 39.6 Å². The van der Waals surface area contributed by atoms with Gasteiger partial charge in [-0.25, -0.2) is 4.98 Å². The number of pyridine rings is 1. The molecule has 4 rings (SSSR count). The summed E-state index contributed by atoms with van der Waals surface area (Å²) in [5, 5.41) is 20.9. The maximum atomic E-state index is 14.6. The van der Waals surface area contributed by atoms with E-state index in [0.717, 1.165) is 30.6 Å². The van der Waals surface area contributed by atoms with Crippen LogP contribution >= 0.6 is 11.3 Å². The number of nitrogens with zero attached hydrogens (tertiary/aromatic N) is 2. The Labute approximate surface area is 280 Å². The van der Waals surface area contributed by atoms with Gasteiger partial charge in [0.1, 0.15) is 11.8 Å². The average Bonchev–Trinajstić information content (AvgIpc) is 3.65. The number of rotatable bonds is 16. The molecule has 0 spiro atoms. The molecule has 3 aromatic rings. The first-order valence-electron chi connectivity index (χ1n) is 14.7. The Balaban J connectivity index is 1.87. The minimum atomic E-state index is -6.11. The lowest BCUT2D eigenvalue weighted by atomic mass is 9.81. The standard InChI is InChI=1S/C30H32F8N2O7SSi/c1-49(2,3)12-11-44-16-45-28(29(33,34)35,30(36,37)38)26-39-14-22(48-26)23(24(25(41)42)18-5-4-10-40(43)15-18)17-6-9-20(47-27(31)32)21(13-17)46-19-7-8-19/h4-6,9-10,13-15,19,23-24,27H,7-8,11-12,16H2,1-3H3,(H,41,42). The van der Waals surface area contributed by atoms with Gasteiger partial charge >= 0.3 is 30.5 Å². The lowest BCUT2D eigenvalue weighted by Gasteiger charge is -2.35. The first kappa shape index (κ1) is 38.3. The number of aliphatic carboxylic acids is 1. The molecule has 0 bridgehead atoms. The van der Waals surface area contributed by atoms with Crippen LogP contribution in [-0.2, 0) is 19.9 Å². The molecule has 2 atom stereocenters. The molecule has 1 N–H and O–H groups in total. The van der Waals surface area contributed by atoms with Crippen molar-refractivity contribution in [1.29, 1.82) is 0 Å². The van der Waals surface area contributed by atoms with Crippen LogP contribution in [0.15, 0.2) is 48.9 Å². The fourth-order valence-electron chi connectivity index (χ4n) is 4.81. The van der Waals surface area contributed by atoms with E-state index in [0.29, 0.717) is 25.1 Å². The molecule has 1 aliphatic carbocycles. The Bertz CT molecular complexity index is 1580. The summed E-state index contributed by atoms with van der Waals surface area (Å²) in [7, 11) is -1.76. The van der Waals surface area contributed by atoms with E-state index < -0.39 is 79.0 Å². The summed E-state index contributed by atoms with van der Waals surface area (Å²) in [6.45, 7) is 0.959. The molecule has 2 aromatic heterocycles. The number of aromatic nitrogens is 2. The molecule has 0 aliphatic heterocycles. The first-order chi connectivity index (χ1) is 22.7. The number of halogens is 8. The van der Waals surface area contributed by atoms with Gasteiger partial charge in [0.25, 0.3) is 0 Å². The number of hydrogen-bond donors (Lipinski definition) is 1. The van der Waals surface area contributed by atoms with Crippen LogP contribution in [0.2, 0.25) is 25.7 Å². The van der Waals surface area contributed by atoms with Gasteiger partial charge < -0.3 is 29.3 Å².